The average Bonchev–Trinajstić information content (AvgIpc) is 2.59. The molecule has 0 saturated carbocycles. The van der Waals surface area contributed by atoms with E-state index in [1.165, 1.54) is 0 Å². The molecule has 0 radical (unpaired) electrons. The number of hydrogen-bond donors (Lipinski definition) is 0. The molecule has 0 bridgehead atoms. The summed E-state index contributed by atoms with van der Waals surface area (Å²) in [6, 6.07) is 9.69. The smallest absolute Gasteiger partial charge is 0.320 e. The molecule has 4 heteroatoms. The van der Waals surface area contributed by atoms with Crippen molar-refractivity contribution in [3.63, 3.8) is 0 Å². The Hall–Kier alpha value is -1.68. The van der Waals surface area contributed by atoms with Crippen molar-refractivity contribution in [1.82, 2.24) is 4.90 Å². The van der Waals surface area contributed by atoms with Crippen LogP contribution in [-0.4, -0.2) is 36.3 Å². The number of carbonyl (C=O) groups excluding carboxylic acids is 2. The number of benzene rings is 1. The summed E-state index contributed by atoms with van der Waals surface area (Å²) in [5.41, 5.74) is 1.00. The molecule has 1 heterocycles. The number of nitrogens with zero attached hydrogens (tertiary/aromatic N) is 1. The molecule has 0 aromatic heterocycles. The standard InChI is InChI=1S/C17H23NO3/c19-16-9-4-5-11-18(12-6-10-16)13-17(20)21-14-15-7-2-1-3-8-15/h1-3,7-8H,4-6,9-14H2. The second kappa shape index (κ2) is 8.57. The second-order valence-corrected chi connectivity index (χ2v) is 5.52. The third-order valence-corrected chi connectivity index (χ3v) is 3.71. The Kier molecular flexibility index (Phi) is 6.41. The fourth-order valence-electron chi connectivity index (χ4n) is 2.52. The second-order valence-electron chi connectivity index (χ2n) is 5.52. The zero-order valence-corrected chi connectivity index (χ0v) is 12.4. The number of esters is 1. The van der Waals surface area contributed by atoms with E-state index in [9.17, 15) is 9.59 Å². The molecule has 1 aliphatic rings. The first-order chi connectivity index (χ1) is 10.2. The molecule has 0 amide bonds. The van der Waals surface area contributed by atoms with Gasteiger partial charge >= 0.3 is 5.97 Å². The topological polar surface area (TPSA) is 46.6 Å². The molecule has 2 rings (SSSR count). The number of rotatable bonds is 4. The van der Waals surface area contributed by atoms with Crippen LogP contribution in [0.3, 0.4) is 0 Å². The van der Waals surface area contributed by atoms with Gasteiger partial charge in [-0.25, -0.2) is 0 Å². The van der Waals surface area contributed by atoms with Crippen molar-refractivity contribution in [2.75, 3.05) is 19.6 Å². The van der Waals surface area contributed by atoms with Crippen LogP contribution in [0, 0.1) is 0 Å². The quantitative estimate of drug-likeness (QED) is 0.799. The highest BCUT2D eigenvalue weighted by molar-refractivity contribution is 5.78. The van der Waals surface area contributed by atoms with Gasteiger partial charge in [0, 0.05) is 12.8 Å². The van der Waals surface area contributed by atoms with Crippen molar-refractivity contribution < 1.29 is 14.3 Å². The molecule has 1 aromatic rings. The largest absolute Gasteiger partial charge is 0.460 e. The lowest BCUT2D eigenvalue weighted by Gasteiger charge is -2.20. The average molecular weight is 289 g/mol. The first-order valence-electron chi connectivity index (χ1n) is 7.67. The minimum atomic E-state index is -0.190. The Morgan fingerprint density at radius 3 is 2.57 bits per heavy atom. The van der Waals surface area contributed by atoms with Crippen molar-refractivity contribution in [2.24, 2.45) is 0 Å². The maximum absolute atomic E-state index is 11.9. The zero-order chi connectivity index (χ0) is 14.9. The van der Waals surface area contributed by atoms with Gasteiger partial charge in [-0.2, -0.15) is 0 Å². The minimum absolute atomic E-state index is 0.190. The van der Waals surface area contributed by atoms with E-state index in [0.29, 0.717) is 31.8 Å². The minimum Gasteiger partial charge on any atom is -0.460 e. The van der Waals surface area contributed by atoms with Crippen LogP contribution in [0.5, 0.6) is 0 Å². The van der Waals surface area contributed by atoms with Gasteiger partial charge in [0.15, 0.2) is 0 Å². The lowest BCUT2D eigenvalue weighted by Crippen LogP contribution is -2.32. The van der Waals surface area contributed by atoms with Gasteiger partial charge < -0.3 is 4.74 Å². The van der Waals surface area contributed by atoms with Gasteiger partial charge in [-0.15, -0.1) is 0 Å². The summed E-state index contributed by atoms with van der Waals surface area (Å²) in [6.07, 6.45) is 4.05. The molecular formula is C17H23NO3. The Bertz CT molecular complexity index is 458. The van der Waals surface area contributed by atoms with Crippen molar-refractivity contribution in [3.05, 3.63) is 35.9 Å². The molecule has 21 heavy (non-hydrogen) atoms. The fourth-order valence-corrected chi connectivity index (χ4v) is 2.52. The molecule has 0 atom stereocenters. The number of Topliss-reactive ketones (excluding diaryl/α,β-unsaturated/α-hetero) is 1. The summed E-state index contributed by atoms with van der Waals surface area (Å²) in [5.74, 6) is 0.160. The van der Waals surface area contributed by atoms with Gasteiger partial charge in [-0.1, -0.05) is 30.3 Å². The van der Waals surface area contributed by atoms with E-state index in [2.05, 4.69) is 4.90 Å². The molecule has 4 nitrogen and oxygen atoms in total. The third-order valence-electron chi connectivity index (χ3n) is 3.71. The van der Waals surface area contributed by atoms with Crippen LogP contribution in [0.15, 0.2) is 30.3 Å². The lowest BCUT2D eigenvalue weighted by molar-refractivity contribution is -0.146. The van der Waals surface area contributed by atoms with Gasteiger partial charge in [-0.3, -0.25) is 14.5 Å². The maximum Gasteiger partial charge on any atom is 0.320 e. The molecular weight excluding hydrogens is 266 g/mol. The van der Waals surface area contributed by atoms with E-state index in [4.69, 9.17) is 4.74 Å². The van der Waals surface area contributed by atoms with Crippen LogP contribution >= 0.6 is 0 Å². The Balaban J connectivity index is 1.74. The summed E-state index contributed by atoms with van der Waals surface area (Å²) >= 11 is 0. The van der Waals surface area contributed by atoms with Gasteiger partial charge in [-0.05, 0) is 37.9 Å². The molecule has 1 aliphatic heterocycles. The Morgan fingerprint density at radius 2 is 1.76 bits per heavy atom. The first kappa shape index (κ1) is 15.7. The monoisotopic (exact) mass is 289 g/mol. The van der Waals surface area contributed by atoms with Gasteiger partial charge in [0.1, 0.15) is 12.4 Å². The van der Waals surface area contributed by atoms with Gasteiger partial charge in [0.05, 0.1) is 6.54 Å². The molecule has 114 valence electrons. The van der Waals surface area contributed by atoms with E-state index < -0.39 is 0 Å². The number of ether oxygens (including phenoxy) is 1. The molecule has 0 unspecified atom stereocenters. The summed E-state index contributed by atoms with van der Waals surface area (Å²) in [6.45, 7) is 2.31. The van der Waals surface area contributed by atoms with Crippen molar-refractivity contribution in [3.8, 4) is 0 Å². The van der Waals surface area contributed by atoms with Crippen LogP contribution < -0.4 is 0 Å². The highest BCUT2D eigenvalue weighted by atomic mass is 16.5. The molecule has 0 spiro atoms. The van der Waals surface area contributed by atoms with Crippen LogP contribution in [0.25, 0.3) is 0 Å². The molecule has 0 N–H and O–H groups in total. The van der Waals surface area contributed by atoms with E-state index in [-0.39, 0.29) is 5.97 Å². The van der Waals surface area contributed by atoms with Gasteiger partial charge in [0.25, 0.3) is 0 Å². The highest BCUT2D eigenvalue weighted by Gasteiger charge is 2.14. The molecule has 1 saturated heterocycles. The number of hydrogen-bond acceptors (Lipinski definition) is 4. The Labute approximate surface area is 126 Å². The van der Waals surface area contributed by atoms with E-state index in [1.807, 2.05) is 30.3 Å². The van der Waals surface area contributed by atoms with Crippen LogP contribution in [0.1, 0.15) is 37.7 Å². The maximum atomic E-state index is 11.9. The summed E-state index contributed by atoms with van der Waals surface area (Å²) in [7, 11) is 0. The van der Waals surface area contributed by atoms with E-state index >= 15 is 0 Å². The molecule has 1 fully saturated rings. The normalized spacial score (nSPS) is 17.6. The predicted octanol–water partition coefficient (Wildman–Crippen LogP) is 2.57. The van der Waals surface area contributed by atoms with Crippen molar-refractivity contribution in [2.45, 2.75) is 38.7 Å². The molecule has 1 aromatic carbocycles. The van der Waals surface area contributed by atoms with Crippen molar-refractivity contribution >= 4 is 11.8 Å². The van der Waals surface area contributed by atoms with Crippen LogP contribution in [-0.2, 0) is 20.9 Å². The third kappa shape index (κ3) is 6.08. The Morgan fingerprint density at radius 1 is 1.05 bits per heavy atom. The SMILES string of the molecule is O=C1CCCCN(CC(=O)OCc2ccccc2)CCC1. The van der Waals surface area contributed by atoms with E-state index in [0.717, 1.165) is 37.9 Å². The van der Waals surface area contributed by atoms with E-state index in [1.54, 1.807) is 0 Å². The number of ketones is 1. The van der Waals surface area contributed by atoms with Gasteiger partial charge in [0.2, 0.25) is 0 Å². The predicted molar refractivity (Wildman–Crippen MR) is 80.8 cm³/mol. The number of carbonyl (C=O) groups is 2. The summed E-state index contributed by atoms with van der Waals surface area (Å²) < 4.78 is 5.31. The van der Waals surface area contributed by atoms with Crippen LogP contribution in [0.4, 0.5) is 0 Å². The summed E-state index contributed by atoms with van der Waals surface area (Å²) in [4.78, 5) is 25.5. The molecule has 0 aliphatic carbocycles. The fraction of sp³-hybridized carbons (Fsp3) is 0.529. The summed E-state index contributed by atoms with van der Waals surface area (Å²) in [5, 5.41) is 0. The first-order valence-corrected chi connectivity index (χ1v) is 7.67. The lowest BCUT2D eigenvalue weighted by atomic mass is 10.1. The van der Waals surface area contributed by atoms with Crippen LogP contribution in [0.2, 0.25) is 0 Å². The zero-order valence-electron chi connectivity index (χ0n) is 12.4. The van der Waals surface area contributed by atoms with Crippen molar-refractivity contribution in [1.29, 1.82) is 0 Å². The highest BCUT2D eigenvalue weighted by Crippen LogP contribution is 2.09.